The summed E-state index contributed by atoms with van der Waals surface area (Å²) in [6, 6.07) is 19.8. The van der Waals surface area contributed by atoms with Gasteiger partial charge < -0.3 is 19.1 Å². The van der Waals surface area contributed by atoms with Crippen molar-refractivity contribution in [2.45, 2.75) is 25.7 Å². The molecule has 4 aromatic rings. The van der Waals surface area contributed by atoms with Crippen molar-refractivity contribution >= 4 is 27.8 Å². The number of carbonyl (C=O) groups is 1. The maximum atomic E-state index is 10.4. The first-order valence-corrected chi connectivity index (χ1v) is 9.41. The van der Waals surface area contributed by atoms with Crippen LogP contribution in [0.1, 0.15) is 25.7 Å². The Balaban J connectivity index is 0.00000240. The summed E-state index contributed by atoms with van der Waals surface area (Å²) in [7, 11) is 0. The number of para-hydroxylation sites is 2. The molecule has 0 spiro atoms. The van der Waals surface area contributed by atoms with Crippen LogP contribution in [0.4, 0.5) is 0 Å². The molecule has 0 saturated carbocycles. The van der Waals surface area contributed by atoms with E-state index in [1.54, 1.807) is 0 Å². The topological polar surface area (TPSA) is 75.4 Å². The van der Waals surface area contributed by atoms with Gasteiger partial charge in [-0.2, -0.15) is 0 Å². The van der Waals surface area contributed by atoms with Crippen molar-refractivity contribution < 1.29 is 70.4 Å². The molecule has 1 heterocycles. The summed E-state index contributed by atoms with van der Waals surface area (Å²) in [6.07, 6.45) is 2.37. The Morgan fingerprint density at radius 2 is 1.76 bits per heavy atom. The van der Waals surface area contributed by atoms with Gasteiger partial charge in [0.15, 0.2) is 5.58 Å². The van der Waals surface area contributed by atoms with E-state index in [1.807, 2.05) is 54.6 Å². The molecule has 142 valence electrons. The minimum Gasteiger partial charge on any atom is -0.550 e. The second-order valence-electron chi connectivity index (χ2n) is 6.74. The van der Waals surface area contributed by atoms with Gasteiger partial charge in [0, 0.05) is 11.5 Å². The van der Waals surface area contributed by atoms with Crippen molar-refractivity contribution in [2.24, 2.45) is 0 Å². The average Bonchev–Trinajstić information content (AvgIpc) is 3.14. The molecule has 4 rings (SSSR count). The summed E-state index contributed by atoms with van der Waals surface area (Å²) < 4.78 is 11.6. The van der Waals surface area contributed by atoms with Crippen LogP contribution < -0.4 is 61.2 Å². The molecule has 6 heteroatoms. The molecule has 0 atom stereocenters. The standard InChI is InChI=1S/C23H21NO4.K/c25-22(26)8-2-1-5-13-27-19-12-11-16-14-18(10-9-17(16)15-19)23-24-20-6-3-4-7-21(20)28-23;/h3-4,6-7,9-12,14-15H,1-2,5,8,13H2,(H,25,26);/q;+1/p-1. The maximum Gasteiger partial charge on any atom is 1.00 e. The molecule has 1 aromatic heterocycles. The van der Waals surface area contributed by atoms with Gasteiger partial charge in [-0.3, -0.25) is 0 Å². The van der Waals surface area contributed by atoms with Crippen molar-refractivity contribution in [3.05, 3.63) is 60.7 Å². The molecule has 0 aliphatic heterocycles. The predicted octanol–water partition coefficient (Wildman–Crippen LogP) is 1.34. The summed E-state index contributed by atoms with van der Waals surface area (Å²) in [5.74, 6) is 0.426. The van der Waals surface area contributed by atoms with E-state index >= 15 is 0 Å². The Kier molecular flexibility index (Phi) is 7.86. The van der Waals surface area contributed by atoms with E-state index in [0.717, 1.165) is 46.0 Å². The quantitative estimate of drug-likeness (QED) is 0.322. The zero-order valence-corrected chi connectivity index (χ0v) is 19.5. The first-order valence-electron chi connectivity index (χ1n) is 9.41. The molecule has 0 fully saturated rings. The van der Waals surface area contributed by atoms with Crippen LogP contribution in [0.2, 0.25) is 0 Å². The van der Waals surface area contributed by atoms with Crippen LogP contribution in [0.25, 0.3) is 33.3 Å². The minimum atomic E-state index is -0.993. The van der Waals surface area contributed by atoms with Gasteiger partial charge in [0.1, 0.15) is 11.3 Å². The molecule has 5 nitrogen and oxygen atoms in total. The summed E-state index contributed by atoms with van der Waals surface area (Å²) in [5.41, 5.74) is 2.56. The van der Waals surface area contributed by atoms with Crippen LogP contribution in [0, 0.1) is 0 Å². The Labute approximate surface area is 211 Å². The SMILES string of the molecule is O=C([O-])CCCCCOc1ccc2cc(-c3nc4ccccc4o3)ccc2c1.[K+]. The molecular formula is C23H20KNO4. The van der Waals surface area contributed by atoms with E-state index in [0.29, 0.717) is 18.9 Å². The fourth-order valence-electron chi connectivity index (χ4n) is 3.18. The van der Waals surface area contributed by atoms with E-state index in [9.17, 15) is 9.90 Å². The van der Waals surface area contributed by atoms with E-state index in [1.165, 1.54) is 0 Å². The number of rotatable bonds is 8. The second-order valence-corrected chi connectivity index (χ2v) is 6.74. The number of aromatic nitrogens is 1. The van der Waals surface area contributed by atoms with Crippen molar-refractivity contribution in [1.29, 1.82) is 0 Å². The van der Waals surface area contributed by atoms with Gasteiger partial charge in [-0.1, -0.05) is 24.3 Å². The van der Waals surface area contributed by atoms with Gasteiger partial charge in [0.2, 0.25) is 5.89 Å². The van der Waals surface area contributed by atoms with Crippen LogP contribution in [-0.4, -0.2) is 17.6 Å². The molecule has 0 amide bonds. The number of carboxylic acids is 1. The third-order valence-corrected chi connectivity index (χ3v) is 4.65. The van der Waals surface area contributed by atoms with Gasteiger partial charge >= 0.3 is 51.4 Å². The van der Waals surface area contributed by atoms with Gasteiger partial charge in [0.25, 0.3) is 0 Å². The minimum absolute atomic E-state index is 0. The molecule has 0 bridgehead atoms. The van der Waals surface area contributed by atoms with Crippen molar-refractivity contribution in [3.8, 4) is 17.2 Å². The molecule has 0 aliphatic rings. The number of aliphatic carboxylic acids is 1. The van der Waals surface area contributed by atoms with Crippen LogP contribution >= 0.6 is 0 Å². The monoisotopic (exact) mass is 413 g/mol. The number of hydrogen-bond donors (Lipinski definition) is 0. The molecule has 29 heavy (non-hydrogen) atoms. The third kappa shape index (κ3) is 5.68. The Morgan fingerprint density at radius 3 is 2.59 bits per heavy atom. The smallest absolute Gasteiger partial charge is 0.550 e. The van der Waals surface area contributed by atoms with E-state index in [2.05, 4.69) is 11.1 Å². The summed E-state index contributed by atoms with van der Waals surface area (Å²) >= 11 is 0. The molecule has 0 N–H and O–H groups in total. The number of unbranched alkanes of at least 4 members (excludes halogenated alkanes) is 2. The van der Waals surface area contributed by atoms with Gasteiger partial charge in [-0.25, -0.2) is 4.98 Å². The van der Waals surface area contributed by atoms with Gasteiger partial charge in [-0.05, 0) is 72.9 Å². The Bertz CT molecular complexity index is 1090. The first-order chi connectivity index (χ1) is 13.7. The number of nitrogens with zero attached hydrogens (tertiary/aromatic N) is 1. The van der Waals surface area contributed by atoms with Crippen molar-refractivity contribution in [3.63, 3.8) is 0 Å². The second kappa shape index (κ2) is 10.4. The average molecular weight is 414 g/mol. The number of carbonyl (C=O) groups excluding carboxylic acids is 1. The van der Waals surface area contributed by atoms with Gasteiger partial charge in [-0.15, -0.1) is 0 Å². The molecule has 0 radical (unpaired) electrons. The van der Waals surface area contributed by atoms with Crippen LogP contribution in [0.3, 0.4) is 0 Å². The molecule has 3 aromatic carbocycles. The van der Waals surface area contributed by atoms with E-state index < -0.39 is 5.97 Å². The maximum absolute atomic E-state index is 10.4. The largest absolute Gasteiger partial charge is 1.00 e. The summed E-state index contributed by atoms with van der Waals surface area (Å²) in [5, 5.41) is 12.5. The van der Waals surface area contributed by atoms with Crippen LogP contribution in [0.15, 0.2) is 65.1 Å². The van der Waals surface area contributed by atoms with Crippen molar-refractivity contribution in [1.82, 2.24) is 4.98 Å². The van der Waals surface area contributed by atoms with E-state index in [-0.39, 0.29) is 57.8 Å². The van der Waals surface area contributed by atoms with Crippen molar-refractivity contribution in [2.75, 3.05) is 6.61 Å². The van der Waals surface area contributed by atoms with E-state index in [4.69, 9.17) is 9.15 Å². The first kappa shape index (κ1) is 22.0. The molecular weight excluding hydrogens is 393 g/mol. The third-order valence-electron chi connectivity index (χ3n) is 4.65. The summed E-state index contributed by atoms with van der Waals surface area (Å²) in [6.45, 7) is 0.569. The number of ether oxygens (including phenoxy) is 1. The zero-order valence-electron chi connectivity index (χ0n) is 16.4. The number of benzene rings is 3. The fraction of sp³-hybridized carbons (Fsp3) is 0.217. The predicted molar refractivity (Wildman–Crippen MR) is 106 cm³/mol. The number of oxazole rings is 1. The normalized spacial score (nSPS) is 10.8. The Hall–Kier alpha value is -1.70. The fourth-order valence-corrected chi connectivity index (χ4v) is 3.18. The number of hydrogen-bond acceptors (Lipinski definition) is 5. The van der Waals surface area contributed by atoms with Crippen LogP contribution in [0.5, 0.6) is 5.75 Å². The molecule has 0 unspecified atom stereocenters. The Morgan fingerprint density at radius 1 is 0.966 bits per heavy atom. The number of carboxylic acid groups (broad SMARTS) is 1. The zero-order chi connectivity index (χ0) is 19.3. The number of fused-ring (bicyclic) bond motifs is 2. The molecule has 0 aliphatic carbocycles. The van der Waals surface area contributed by atoms with Gasteiger partial charge in [0.05, 0.1) is 6.61 Å². The summed E-state index contributed by atoms with van der Waals surface area (Å²) in [4.78, 5) is 14.9. The van der Waals surface area contributed by atoms with Crippen LogP contribution in [-0.2, 0) is 4.79 Å². The molecule has 0 saturated heterocycles.